The molecule has 2 N–H and O–H groups in total. The Kier molecular flexibility index (Phi) is 9.76. The van der Waals surface area contributed by atoms with Gasteiger partial charge in [0.2, 0.25) is 0 Å². The number of carbonyl (C=O) groups excluding carboxylic acids is 1. The maximum Gasteiger partial charge on any atom is 0.272 e. The number of nitriles is 1. The highest BCUT2D eigenvalue weighted by molar-refractivity contribution is 9.10. The monoisotopic (exact) mass is 648 g/mol. The minimum Gasteiger partial charge on any atom is -0.321 e. The van der Waals surface area contributed by atoms with E-state index in [0.29, 0.717) is 28.1 Å². The van der Waals surface area contributed by atoms with E-state index in [0.717, 1.165) is 8.95 Å². The van der Waals surface area contributed by atoms with Crippen LogP contribution in [-0.4, -0.2) is 32.4 Å². The van der Waals surface area contributed by atoms with Crippen LogP contribution in [0.4, 0.5) is 11.5 Å². The number of hydrogen-bond donors (Lipinski definition) is 2. The standard InChI is InChI=1S/C26H31Br2N6O2P/c1-17(2)34(18(3)4)37(36,32-23-13-11-22(28)12-14-23)24-19(5)31-33(16-6-15-29)25(24)30-26(35)20-7-9-21(27)10-8-20/h7-14,17-18H,6,16H2,1-5H3,(H,30,35)(H,32,36). The number of amides is 1. The summed E-state index contributed by atoms with van der Waals surface area (Å²) in [5.41, 5.74) is 1.63. The second-order valence-electron chi connectivity index (χ2n) is 9.14. The summed E-state index contributed by atoms with van der Waals surface area (Å²) < 4.78 is 20.5. The average molecular weight is 650 g/mol. The van der Waals surface area contributed by atoms with Gasteiger partial charge in [0.1, 0.15) is 11.1 Å². The lowest BCUT2D eigenvalue weighted by Crippen LogP contribution is -2.41. The Morgan fingerprint density at radius 2 is 1.59 bits per heavy atom. The SMILES string of the molecule is Cc1nn(CCC#N)c(NC(=O)c2ccc(Br)cc2)c1P(=O)(Nc1ccc(Br)cc1)N(C(C)C)C(C)C. The number of anilines is 2. The molecule has 1 heterocycles. The van der Waals surface area contributed by atoms with Crippen LogP contribution in [0.15, 0.2) is 57.5 Å². The molecule has 0 aliphatic carbocycles. The highest BCUT2D eigenvalue weighted by Gasteiger charge is 2.42. The fraction of sp³-hybridized carbons (Fsp3) is 0.346. The van der Waals surface area contributed by atoms with Crippen molar-refractivity contribution in [2.24, 2.45) is 0 Å². The molecule has 0 bridgehead atoms. The van der Waals surface area contributed by atoms with Gasteiger partial charge in [0.15, 0.2) is 0 Å². The number of hydrogen-bond acceptors (Lipinski definition) is 4. The van der Waals surface area contributed by atoms with Gasteiger partial charge in [-0.1, -0.05) is 31.9 Å². The third-order valence-electron chi connectivity index (χ3n) is 5.68. The van der Waals surface area contributed by atoms with E-state index in [-0.39, 0.29) is 31.0 Å². The van der Waals surface area contributed by atoms with Crippen LogP contribution in [0.3, 0.4) is 0 Å². The number of carbonyl (C=O) groups is 1. The first kappa shape index (κ1) is 29.1. The Labute approximate surface area is 235 Å². The molecule has 1 atom stereocenters. The van der Waals surface area contributed by atoms with Gasteiger partial charge in [0, 0.05) is 32.3 Å². The van der Waals surface area contributed by atoms with Gasteiger partial charge in [-0.2, -0.15) is 10.4 Å². The molecule has 3 aromatic rings. The quantitative estimate of drug-likeness (QED) is 0.231. The molecule has 0 aliphatic rings. The van der Waals surface area contributed by atoms with Gasteiger partial charge >= 0.3 is 0 Å². The van der Waals surface area contributed by atoms with Crippen molar-refractivity contribution >= 4 is 62.0 Å². The Hall–Kier alpha value is -2.44. The fourth-order valence-electron chi connectivity index (χ4n) is 4.33. The zero-order chi connectivity index (χ0) is 27.3. The third kappa shape index (κ3) is 6.71. The first-order valence-corrected chi connectivity index (χ1v) is 15.2. The van der Waals surface area contributed by atoms with Crippen LogP contribution < -0.4 is 15.7 Å². The van der Waals surface area contributed by atoms with Gasteiger partial charge in [0.05, 0.1) is 24.7 Å². The van der Waals surface area contributed by atoms with E-state index in [1.807, 2.05) is 56.6 Å². The highest BCUT2D eigenvalue weighted by Crippen LogP contribution is 2.53. The molecule has 8 nitrogen and oxygen atoms in total. The summed E-state index contributed by atoms with van der Waals surface area (Å²) in [5, 5.41) is 20.6. The van der Waals surface area contributed by atoms with E-state index in [9.17, 15) is 10.1 Å². The molecular weight excluding hydrogens is 619 g/mol. The van der Waals surface area contributed by atoms with Gasteiger partial charge < -0.3 is 10.4 Å². The van der Waals surface area contributed by atoms with Crippen molar-refractivity contribution < 1.29 is 9.36 Å². The minimum atomic E-state index is -3.59. The van der Waals surface area contributed by atoms with Crippen molar-refractivity contribution in [1.82, 2.24) is 14.5 Å². The Morgan fingerprint density at radius 3 is 2.11 bits per heavy atom. The number of benzene rings is 2. The summed E-state index contributed by atoms with van der Waals surface area (Å²) >= 11 is 6.84. The van der Waals surface area contributed by atoms with Gasteiger partial charge in [-0.05, 0) is 83.1 Å². The molecular formula is C26H31Br2N6O2P. The largest absolute Gasteiger partial charge is 0.321 e. The van der Waals surface area contributed by atoms with Crippen LogP contribution in [0.2, 0.25) is 0 Å². The summed E-state index contributed by atoms with van der Waals surface area (Å²) in [5.74, 6) is -0.0393. The summed E-state index contributed by atoms with van der Waals surface area (Å²) in [4.78, 5) is 13.3. The average Bonchev–Trinajstić information content (AvgIpc) is 3.14. The van der Waals surface area contributed by atoms with E-state index < -0.39 is 7.44 Å². The predicted octanol–water partition coefficient (Wildman–Crippen LogP) is 6.93. The number of aromatic nitrogens is 2. The molecule has 0 spiro atoms. The molecule has 1 aromatic heterocycles. The highest BCUT2D eigenvalue weighted by atomic mass is 79.9. The zero-order valence-corrected chi connectivity index (χ0v) is 25.6. The molecule has 3 rings (SSSR count). The maximum absolute atomic E-state index is 15.3. The Balaban J connectivity index is 2.22. The summed E-state index contributed by atoms with van der Waals surface area (Å²) in [6, 6.07) is 16.4. The third-order valence-corrected chi connectivity index (χ3v) is 10.0. The van der Waals surface area contributed by atoms with Crippen molar-refractivity contribution in [1.29, 1.82) is 5.26 Å². The van der Waals surface area contributed by atoms with Crippen LogP contribution >= 0.6 is 39.3 Å². The molecule has 0 saturated carbocycles. The smallest absolute Gasteiger partial charge is 0.272 e. The molecule has 2 aromatic carbocycles. The molecule has 0 aliphatic heterocycles. The predicted molar refractivity (Wildman–Crippen MR) is 156 cm³/mol. The van der Waals surface area contributed by atoms with Gasteiger partial charge in [-0.3, -0.25) is 9.36 Å². The van der Waals surface area contributed by atoms with Crippen molar-refractivity contribution in [3.8, 4) is 6.07 Å². The Bertz CT molecular complexity index is 1320. The first-order chi connectivity index (χ1) is 17.5. The van der Waals surface area contributed by atoms with Gasteiger partial charge in [-0.25, -0.2) is 9.35 Å². The van der Waals surface area contributed by atoms with Crippen molar-refractivity contribution in [3.63, 3.8) is 0 Å². The van der Waals surface area contributed by atoms with Gasteiger partial charge in [0.25, 0.3) is 13.4 Å². The van der Waals surface area contributed by atoms with Crippen molar-refractivity contribution in [2.75, 3.05) is 10.4 Å². The molecule has 1 amide bonds. The second kappa shape index (κ2) is 12.4. The topological polar surface area (TPSA) is 103 Å². The molecule has 0 fully saturated rings. The summed E-state index contributed by atoms with van der Waals surface area (Å²) in [6.07, 6.45) is 0.185. The molecule has 0 saturated heterocycles. The lowest BCUT2D eigenvalue weighted by molar-refractivity contribution is 0.102. The number of nitrogens with zero attached hydrogens (tertiary/aromatic N) is 4. The van der Waals surface area contributed by atoms with Crippen LogP contribution in [0.1, 0.15) is 50.2 Å². The normalized spacial score (nSPS) is 13.0. The maximum atomic E-state index is 15.3. The lowest BCUT2D eigenvalue weighted by atomic mass is 10.2. The second-order valence-corrected chi connectivity index (χ2v) is 13.3. The molecule has 1 unspecified atom stereocenters. The number of rotatable bonds is 10. The molecule has 196 valence electrons. The number of aryl methyl sites for hydroxylation is 2. The summed E-state index contributed by atoms with van der Waals surface area (Å²) in [7, 11) is -3.59. The van der Waals surface area contributed by atoms with E-state index >= 15 is 4.57 Å². The van der Waals surface area contributed by atoms with E-state index in [2.05, 4.69) is 53.4 Å². The summed E-state index contributed by atoms with van der Waals surface area (Å²) in [6.45, 7) is 9.99. The molecule has 0 radical (unpaired) electrons. The van der Waals surface area contributed by atoms with Crippen molar-refractivity contribution in [2.45, 2.75) is 59.7 Å². The molecule has 37 heavy (non-hydrogen) atoms. The minimum absolute atomic E-state index is 0.0920. The Morgan fingerprint density at radius 1 is 1.05 bits per heavy atom. The zero-order valence-electron chi connectivity index (χ0n) is 21.5. The van der Waals surface area contributed by atoms with Crippen LogP contribution in [0.5, 0.6) is 0 Å². The van der Waals surface area contributed by atoms with Gasteiger partial charge in [-0.15, -0.1) is 0 Å². The fourth-order valence-corrected chi connectivity index (χ4v) is 8.06. The van der Waals surface area contributed by atoms with E-state index in [4.69, 9.17) is 0 Å². The number of nitrogens with one attached hydrogen (secondary N) is 2. The number of halogens is 2. The van der Waals surface area contributed by atoms with E-state index in [1.54, 1.807) is 35.9 Å². The lowest BCUT2D eigenvalue weighted by Gasteiger charge is -2.38. The van der Waals surface area contributed by atoms with Crippen LogP contribution in [-0.2, 0) is 11.1 Å². The van der Waals surface area contributed by atoms with Crippen molar-refractivity contribution in [3.05, 3.63) is 68.7 Å². The van der Waals surface area contributed by atoms with E-state index in [1.165, 1.54) is 0 Å². The molecule has 11 heteroatoms. The van der Waals surface area contributed by atoms with Crippen LogP contribution in [0, 0.1) is 18.3 Å². The van der Waals surface area contributed by atoms with Crippen LogP contribution in [0.25, 0.3) is 0 Å². The first-order valence-electron chi connectivity index (χ1n) is 11.9.